The van der Waals surface area contributed by atoms with Crippen molar-refractivity contribution in [3.05, 3.63) is 35.4 Å². The summed E-state index contributed by atoms with van der Waals surface area (Å²) >= 11 is 0. The molecule has 0 aromatic heterocycles. The summed E-state index contributed by atoms with van der Waals surface area (Å²) in [5.41, 5.74) is 1.62. The largest absolute Gasteiger partial charge is 0.461 e. The third-order valence-corrected chi connectivity index (χ3v) is 2.90. The van der Waals surface area contributed by atoms with E-state index >= 15 is 0 Å². The van der Waals surface area contributed by atoms with E-state index in [0.29, 0.717) is 12.2 Å². The standard InChI is InChI=1S/C14H21NO2.ClH/c1-4-15(5-2)10-11-17-14(16)13-9-7-6-8-12(13)3;/h6-9H,4-5,10-11H2,1-3H3;1H. The Morgan fingerprint density at radius 1 is 1.22 bits per heavy atom. The number of aryl methyl sites for hydroxylation is 1. The Balaban J connectivity index is 0.00000289. The van der Waals surface area contributed by atoms with E-state index in [1.807, 2.05) is 25.1 Å². The number of likely N-dealkylation sites (N-methyl/N-ethyl adjacent to an activating group) is 1. The molecule has 0 aliphatic carbocycles. The number of carbonyl (C=O) groups excluding carboxylic acids is 1. The van der Waals surface area contributed by atoms with E-state index in [2.05, 4.69) is 18.7 Å². The number of carbonyl (C=O) groups is 1. The van der Waals surface area contributed by atoms with Gasteiger partial charge in [-0.1, -0.05) is 32.0 Å². The number of benzene rings is 1. The number of nitrogens with zero attached hydrogens (tertiary/aromatic N) is 1. The van der Waals surface area contributed by atoms with Crippen molar-refractivity contribution in [1.29, 1.82) is 0 Å². The van der Waals surface area contributed by atoms with Crippen LogP contribution in [0.15, 0.2) is 24.3 Å². The molecular formula is C14H22ClNO2. The van der Waals surface area contributed by atoms with Crippen LogP contribution in [0.3, 0.4) is 0 Å². The first-order valence-electron chi connectivity index (χ1n) is 6.14. The maximum absolute atomic E-state index is 11.8. The monoisotopic (exact) mass is 271 g/mol. The molecular weight excluding hydrogens is 250 g/mol. The first kappa shape index (κ1) is 16.9. The van der Waals surface area contributed by atoms with Crippen LogP contribution in [-0.2, 0) is 4.74 Å². The summed E-state index contributed by atoms with van der Waals surface area (Å²) in [7, 11) is 0. The fourth-order valence-corrected chi connectivity index (χ4v) is 1.69. The molecule has 0 bridgehead atoms. The fraction of sp³-hybridized carbons (Fsp3) is 0.500. The van der Waals surface area contributed by atoms with Crippen LogP contribution in [0.1, 0.15) is 29.8 Å². The average molecular weight is 272 g/mol. The SMILES string of the molecule is CCN(CC)CCOC(=O)c1ccccc1C.Cl. The lowest BCUT2D eigenvalue weighted by Gasteiger charge is -2.17. The topological polar surface area (TPSA) is 29.5 Å². The van der Waals surface area contributed by atoms with Gasteiger partial charge in [0.05, 0.1) is 5.56 Å². The molecule has 102 valence electrons. The molecule has 0 unspecified atom stereocenters. The molecule has 0 spiro atoms. The van der Waals surface area contributed by atoms with Crippen LogP contribution in [0.25, 0.3) is 0 Å². The fourth-order valence-electron chi connectivity index (χ4n) is 1.69. The highest BCUT2D eigenvalue weighted by Crippen LogP contribution is 2.08. The summed E-state index contributed by atoms with van der Waals surface area (Å²) in [5, 5.41) is 0. The second-order valence-corrected chi connectivity index (χ2v) is 3.98. The van der Waals surface area contributed by atoms with Crippen LogP contribution in [0, 0.1) is 6.92 Å². The number of hydrogen-bond acceptors (Lipinski definition) is 3. The van der Waals surface area contributed by atoms with Gasteiger partial charge in [-0.3, -0.25) is 0 Å². The quantitative estimate of drug-likeness (QED) is 0.745. The maximum Gasteiger partial charge on any atom is 0.338 e. The van der Waals surface area contributed by atoms with E-state index in [4.69, 9.17) is 4.74 Å². The van der Waals surface area contributed by atoms with Crippen molar-refractivity contribution >= 4 is 18.4 Å². The zero-order valence-corrected chi connectivity index (χ0v) is 12.1. The van der Waals surface area contributed by atoms with Crippen molar-refractivity contribution in [2.45, 2.75) is 20.8 Å². The summed E-state index contributed by atoms with van der Waals surface area (Å²) in [6, 6.07) is 7.49. The minimum absolute atomic E-state index is 0. The average Bonchev–Trinajstić information content (AvgIpc) is 2.35. The van der Waals surface area contributed by atoms with E-state index in [9.17, 15) is 4.79 Å². The molecule has 0 radical (unpaired) electrons. The zero-order chi connectivity index (χ0) is 12.7. The van der Waals surface area contributed by atoms with E-state index in [-0.39, 0.29) is 18.4 Å². The number of hydrogen-bond donors (Lipinski definition) is 0. The maximum atomic E-state index is 11.8. The van der Waals surface area contributed by atoms with Crippen LogP contribution in [-0.4, -0.2) is 37.1 Å². The van der Waals surface area contributed by atoms with Gasteiger partial charge in [-0.15, -0.1) is 12.4 Å². The lowest BCUT2D eigenvalue weighted by Crippen LogP contribution is -2.28. The molecule has 0 heterocycles. The van der Waals surface area contributed by atoms with Crippen LogP contribution < -0.4 is 0 Å². The summed E-state index contributed by atoms with van der Waals surface area (Å²) in [6.45, 7) is 9.34. The highest BCUT2D eigenvalue weighted by atomic mass is 35.5. The van der Waals surface area contributed by atoms with Crippen molar-refractivity contribution < 1.29 is 9.53 Å². The second kappa shape index (κ2) is 8.95. The van der Waals surface area contributed by atoms with E-state index < -0.39 is 0 Å². The van der Waals surface area contributed by atoms with Crippen LogP contribution in [0.5, 0.6) is 0 Å². The Bertz CT molecular complexity index is 365. The Morgan fingerprint density at radius 2 is 1.83 bits per heavy atom. The van der Waals surface area contributed by atoms with Gasteiger partial charge in [0, 0.05) is 6.54 Å². The molecule has 0 saturated carbocycles. The van der Waals surface area contributed by atoms with E-state index in [1.165, 1.54) is 0 Å². The van der Waals surface area contributed by atoms with Gasteiger partial charge in [0.2, 0.25) is 0 Å². The molecule has 0 atom stereocenters. The van der Waals surface area contributed by atoms with Gasteiger partial charge >= 0.3 is 5.97 Å². The van der Waals surface area contributed by atoms with Crippen molar-refractivity contribution in [3.8, 4) is 0 Å². The van der Waals surface area contributed by atoms with Crippen molar-refractivity contribution in [3.63, 3.8) is 0 Å². The molecule has 1 aromatic rings. The summed E-state index contributed by atoms with van der Waals surface area (Å²) < 4.78 is 5.26. The van der Waals surface area contributed by atoms with Gasteiger partial charge in [0.15, 0.2) is 0 Å². The highest BCUT2D eigenvalue weighted by molar-refractivity contribution is 5.90. The normalized spacial score (nSPS) is 10.0. The first-order chi connectivity index (χ1) is 8.19. The molecule has 3 nitrogen and oxygen atoms in total. The highest BCUT2D eigenvalue weighted by Gasteiger charge is 2.09. The second-order valence-electron chi connectivity index (χ2n) is 3.98. The van der Waals surface area contributed by atoms with Crippen LogP contribution in [0.4, 0.5) is 0 Å². The molecule has 1 rings (SSSR count). The Hall–Kier alpha value is -1.06. The third-order valence-electron chi connectivity index (χ3n) is 2.90. The van der Waals surface area contributed by atoms with Gasteiger partial charge < -0.3 is 9.64 Å². The minimum atomic E-state index is -0.227. The molecule has 0 amide bonds. The Kier molecular flexibility index (Phi) is 8.42. The Morgan fingerprint density at radius 3 is 2.39 bits per heavy atom. The van der Waals surface area contributed by atoms with Crippen molar-refractivity contribution in [1.82, 2.24) is 4.90 Å². The smallest absolute Gasteiger partial charge is 0.338 e. The predicted octanol–water partition coefficient (Wildman–Crippen LogP) is 2.92. The minimum Gasteiger partial charge on any atom is -0.461 e. The van der Waals surface area contributed by atoms with Gasteiger partial charge in [-0.2, -0.15) is 0 Å². The van der Waals surface area contributed by atoms with Crippen LogP contribution >= 0.6 is 12.4 Å². The van der Waals surface area contributed by atoms with E-state index in [0.717, 1.165) is 25.2 Å². The molecule has 0 aliphatic rings. The number of ether oxygens (including phenoxy) is 1. The number of halogens is 1. The summed E-state index contributed by atoms with van der Waals surface area (Å²) in [6.07, 6.45) is 0. The molecule has 4 heteroatoms. The zero-order valence-electron chi connectivity index (χ0n) is 11.3. The molecule has 0 fully saturated rings. The van der Waals surface area contributed by atoms with Gasteiger partial charge in [-0.05, 0) is 31.6 Å². The first-order valence-corrected chi connectivity index (χ1v) is 6.14. The van der Waals surface area contributed by atoms with E-state index in [1.54, 1.807) is 6.07 Å². The lowest BCUT2D eigenvalue weighted by atomic mass is 10.1. The molecule has 0 N–H and O–H groups in total. The van der Waals surface area contributed by atoms with Crippen molar-refractivity contribution in [2.75, 3.05) is 26.2 Å². The predicted molar refractivity (Wildman–Crippen MR) is 76.5 cm³/mol. The molecule has 1 aromatic carbocycles. The number of rotatable bonds is 6. The van der Waals surface area contributed by atoms with Crippen molar-refractivity contribution in [2.24, 2.45) is 0 Å². The van der Waals surface area contributed by atoms with Gasteiger partial charge in [-0.25, -0.2) is 4.79 Å². The summed E-state index contributed by atoms with van der Waals surface area (Å²) in [4.78, 5) is 14.0. The van der Waals surface area contributed by atoms with Gasteiger partial charge in [0.1, 0.15) is 6.61 Å². The number of esters is 1. The van der Waals surface area contributed by atoms with Gasteiger partial charge in [0.25, 0.3) is 0 Å². The summed E-state index contributed by atoms with van der Waals surface area (Å²) in [5.74, 6) is -0.227. The molecule has 0 saturated heterocycles. The van der Waals surface area contributed by atoms with Crippen LogP contribution in [0.2, 0.25) is 0 Å². The molecule has 0 aliphatic heterocycles. The third kappa shape index (κ3) is 5.07. The molecule has 18 heavy (non-hydrogen) atoms. The lowest BCUT2D eigenvalue weighted by molar-refractivity contribution is 0.0465. The Labute approximate surface area is 116 Å².